The van der Waals surface area contributed by atoms with Gasteiger partial charge in [-0.2, -0.15) is 0 Å². The number of hydrogen-bond acceptors (Lipinski definition) is 1. The van der Waals surface area contributed by atoms with Crippen LogP contribution in [-0.2, 0) is 0 Å². The van der Waals surface area contributed by atoms with E-state index in [1.54, 1.807) is 6.08 Å². The normalized spacial score (nSPS) is 11.8. The molecule has 0 heterocycles. The summed E-state index contributed by atoms with van der Waals surface area (Å²) in [5, 5.41) is 0. The Kier molecular flexibility index (Phi) is 5.43. The average molecular weight is 273 g/mol. The zero-order chi connectivity index (χ0) is 14.9. The zero-order valence-corrected chi connectivity index (χ0v) is 12.0. The summed E-state index contributed by atoms with van der Waals surface area (Å²) in [6, 6.07) is 20.3. The minimum Gasteiger partial charge on any atom is -0.350 e. The number of para-hydroxylation sites is 1. The van der Waals surface area contributed by atoms with E-state index in [-0.39, 0.29) is 6.04 Å². The van der Waals surface area contributed by atoms with Gasteiger partial charge in [0.1, 0.15) is 6.04 Å². The van der Waals surface area contributed by atoms with Gasteiger partial charge in [-0.1, -0.05) is 79.3 Å². The number of terminal acetylenes is 1. The highest BCUT2D eigenvalue weighted by Crippen LogP contribution is 2.26. The number of benzene rings is 2. The van der Waals surface area contributed by atoms with Crippen molar-refractivity contribution >= 4 is 5.69 Å². The molecular formula is C20H19N. The van der Waals surface area contributed by atoms with E-state index in [0.29, 0.717) is 0 Å². The smallest absolute Gasteiger partial charge is 0.116 e. The molecule has 1 heteroatoms. The van der Waals surface area contributed by atoms with Crippen molar-refractivity contribution in [2.75, 3.05) is 11.4 Å². The van der Waals surface area contributed by atoms with Gasteiger partial charge in [-0.15, -0.1) is 6.42 Å². The van der Waals surface area contributed by atoms with E-state index >= 15 is 0 Å². The van der Waals surface area contributed by atoms with Crippen molar-refractivity contribution in [3.8, 4) is 12.3 Å². The zero-order valence-electron chi connectivity index (χ0n) is 12.0. The highest BCUT2D eigenvalue weighted by atomic mass is 15.2. The minimum atomic E-state index is -0.0944. The molecule has 0 bridgehead atoms. The molecule has 2 rings (SSSR count). The summed E-state index contributed by atoms with van der Waals surface area (Å²) in [5.41, 5.74) is 2.23. The lowest BCUT2D eigenvalue weighted by atomic mass is 10.0. The molecule has 0 radical (unpaired) electrons. The van der Waals surface area contributed by atoms with Crippen LogP contribution in [0.3, 0.4) is 0 Å². The fourth-order valence-corrected chi connectivity index (χ4v) is 2.25. The van der Waals surface area contributed by atoms with Crippen LogP contribution in [0.4, 0.5) is 5.69 Å². The predicted octanol–water partition coefficient (Wildman–Crippen LogP) is 4.61. The van der Waals surface area contributed by atoms with Gasteiger partial charge in [0.15, 0.2) is 0 Å². The van der Waals surface area contributed by atoms with Crippen LogP contribution in [0.1, 0.15) is 11.6 Å². The van der Waals surface area contributed by atoms with Crippen molar-refractivity contribution in [1.29, 1.82) is 0 Å². The molecule has 0 spiro atoms. The monoisotopic (exact) mass is 273 g/mol. The van der Waals surface area contributed by atoms with E-state index in [4.69, 9.17) is 6.42 Å². The van der Waals surface area contributed by atoms with Crippen LogP contribution < -0.4 is 4.90 Å². The number of anilines is 1. The third-order valence-corrected chi connectivity index (χ3v) is 3.25. The second-order valence-electron chi connectivity index (χ2n) is 4.63. The first kappa shape index (κ1) is 14.7. The number of nitrogens with zero attached hydrogens (tertiary/aromatic N) is 1. The molecule has 0 saturated heterocycles. The lowest BCUT2D eigenvalue weighted by Gasteiger charge is -2.30. The molecule has 0 aliphatic carbocycles. The molecule has 104 valence electrons. The SMILES string of the molecule is C#C[C@@H](c1ccccc1)N(C/C=C/C=C)c1ccccc1. The second kappa shape index (κ2) is 7.77. The van der Waals surface area contributed by atoms with E-state index in [0.717, 1.165) is 17.8 Å². The highest BCUT2D eigenvalue weighted by Gasteiger charge is 2.17. The standard InChI is InChI=1S/C20H19N/c1-3-5-12-17-21(19-15-10-7-11-16-19)20(4-2)18-13-8-6-9-14-18/h2-3,5-16,20H,1,17H2/b12-5+/t20-/m0/s1. The van der Waals surface area contributed by atoms with Crippen LogP contribution in [0.15, 0.2) is 85.5 Å². The van der Waals surface area contributed by atoms with E-state index in [1.165, 1.54) is 0 Å². The van der Waals surface area contributed by atoms with Gasteiger partial charge < -0.3 is 4.90 Å². The molecule has 21 heavy (non-hydrogen) atoms. The molecule has 0 saturated carbocycles. The first-order valence-electron chi connectivity index (χ1n) is 6.97. The molecular weight excluding hydrogens is 254 g/mol. The van der Waals surface area contributed by atoms with Gasteiger partial charge in [0.2, 0.25) is 0 Å². The quantitative estimate of drug-likeness (QED) is 0.549. The fraction of sp³-hybridized carbons (Fsp3) is 0.100. The number of rotatable bonds is 6. The summed E-state index contributed by atoms with van der Waals surface area (Å²) in [5.74, 6) is 2.91. The van der Waals surface area contributed by atoms with Crippen LogP contribution in [-0.4, -0.2) is 6.54 Å². The molecule has 0 aliphatic rings. The van der Waals surface area contributed by atoms with Crippen molar-refractivity contribution in [2.24, 2.45) is 0 Å². The number of allylic oxidation sites excluding steroid dienone is 2. The Morgan fingerprint density at radius 1 is 1.05 bits per heavy atom. The lowest BCUT2D eigenvalue weighted by molar-refractivity contribution is 0.792. The van der Waals surface area contributed by atoms with Gasteiger partial charge in [-0.3, -0.25) is 0 Å². The third kappa shape index (κ3) is 3.87. The maximum atomic E-state index is 5.81. The molecule has 0 N–H and O–H groups in total. The Morgan fingerprint density at radius 2 is 1.67 bits per heavy atom. The maximum absolute atomic E-state index is 5.81. The summed E-state index contributed by atoms with van der Waals surface area (Å²) in [6.07, 6.45) is 11.6. The Balaban J connectivity index is 2.36. The second-order valence-corrected chi connectivity index (χ2v) is 4.63. The van der Waals surface area contributed by atoms with Gasteiger partial charge in [-0.25, -0.2) is 0 Å². The summed E-state index contributed by atoms with van der Waals surface area (Å²) in [4.78, 5) is 2.20. The molecule has 0 aromatic heterocycles. The third-order valence-electron chi connectivity index (χ3n) is 3.25. The Bertz CT molecular complexity index is 620. The highest BCUT2D eigenvalue weighted by molar-refractivity contribution is 5.52. The van der Waals surface area contributed by atoms with Crippen LogP contribution >= 0.6 is 0 Å². The molecule has 2 aromatic carbocycles. The Labute approximate surface area is 127 Å². The van der Waals surface area contributed by atoms with Gasteiger partial charge in [0.05, 0.1) is 0 Å². The average Bonchev–Trinajstić information content (AvgIpc) is 2.56. The Morgan fingerprint density at radius 3 is 2.24 bits per heavy atom. The first-order valence-corrected chi connectivity index (χ1v) is 6.97. The van der Waals surface area contributed by atoms with E-state index < -0.39 is 0 Å². The van der Waals surface area contributed by atoms with E-state index in [1.807, 2.05) is 42.5 Å². The molecule has 2 aromatic rings. The van der Waals surface area contributed by atoms with Crippen LogP contribution in [0.5, 0.6) is 0 Å². The van der Waals surface area contributed by atoms with Crippen molar-refractivity contribution in [3.63, 3.8) is 0 Å². The number of hydrogen-bond donors (Lipinski definition) is 0. The van der Waals surface area contributed by atoms with Gasteiger partial charge >= 0.3 is 0 Å². The summed E-state index contributed by atoms with van der Waals surface area (Å²) >= 11 is 0. The summed E-state index contributed by atoms with van der Waals surface area (Å²) in [6.45, 7) is 4.44. The largest absolute Gasteiger partial charge is 0.350 e. The van der Waals surface area contributed by atoms with Crippen LogP contribution in [0.25, 0.3) is 0 Å². The lowest BCUT2D eigenvalue weighted by Crippen LogP contribution is -2.28. The first-order chi connectivity index (χ1) is 10.4. The summed E-state index contributed by atoms with van der Waals surface area (Å²) < 4.78 is 0. The van der Waals surface area contributed by atoms with Crippen molar-refractivity contribution < 1.29 is 0 Å². The maximum Gasteiger partial charge on any atom is 0.116 e. The molecule has 0 amide bonds. The van der Waals surface area contributed by atoms with Gasteiger partial charge in [-0.05, 0) is 17.7 Å². The van der Waals surface area contributed by atoms with Crippen LogP contribution in [0.2, 0.25) is 0 Å². The molecule has 1 atom stereocenters. The van der Waals surface area contributed by atoms with Gasteiger partial charge in [0.25, 0.3) is 0 Å². The van der Waals surface area contributed by atoms with E-state index in [9.17, 15) is 0 Å². The Hall–Kier alpha value is -2.72. The topological polar surface area (TPSA) is 3.24 Å². The van der Waals surface area contributed by atoms with E-state index in [2.05, 4.69) is 47.7 Å². The molecule has 0 unspecified atom stereocenters. The van der Waals surface area contributed by atoms with Crippen molar-refractivity contribution in [3.05, 3.63) is 91.0 Å². The predicted molar refractivity (Wildman–Crippen MR) is 91.1 cm³/mol. The summed E-state index contributed by atoms with van der Waals surface area (Å²) in [7, 11) is 0. The van der Waals surface area contributed by atoms with Crippen LogP contribution in [0, 0.1) is 12.3 Å². The minimum absolute atomic E-state index is 0.0944. The molecule has 1 nitrogen and oxygen atoms in total. The fourth-order valence-electron chi connectivity index (χ4n) is 2.25. The van der Waals surface area contributed by atoms with Gasteiger partial charge in [0, 0.05) is 12.2 Å². The van der Waals surface area contributed by atoms with Crippen molar-refractivity contribution in [2.45, 2.75) is 6.04 Å². The molecule has 0 aliphatic heterocycles. The van der Waals surface area contributed by atoms with Crippen molar-refractivity contribution in [1.82, 2.24) is 0 Å². The molecule has 0 fully saturated rings.